The number of hydrogen-bond acceptors (Lipinski definition) is 3. The van der Waals surface area contributed by atoms with Gasteiger partial charge in [0.2, 0.25) is 0 Å². The van der Waals surface area contributed by atoms with Crippen molar-refractivity contribution in [1.29, 1.82) is 0 Å². The normalized spacial score (nSPS) is 10.6. The topological polar surface area (TPSA) is 62.2 Å². The van der Waals surface area contributed by atoms with Crippen LogP contribution in [0, 0.1) is 13.8 Å². The number of benzene rings is 2. The summed E-state index contributed by atoms with van der Waals surface area (Å²) in [4.78, 5) is 15.6. The Hall–Kier alpha value is -2.88. The van der Waals surface area contributed by atoms with Crippen molar-refractivity contribution in [2.75, 3.05) is 5.32 Å². The van der Waals surface area contributed by atoms with Crippen LogP contribution < -0.4 is 5.32 Å². The van der Waals surface area contributed by atoms with Crippen molar-refractivity contribution in [2.24, 2.45) is 0 Å². The number of carbonyl (C=O) groups is 1. The zero-order valence-electron chi connectivity index (χ0n) is 12.4. The molecule has 110 valence electrons. The molecule has 0 aliphatic rings. The van der Waals surface area contributed by atoms with Gasteiger partial charge in [0.15, 0.2) is 0 Å². The van der Waals surface area contributed by atoms with Gasteiger partial charge in [-0.1, -0.05) is 12.1 Å². The van der Waals surface area contributed by atoms with Crippen molar-refractivity contribution in [2.45, 2.75) is 13.8 Å². The quantitative estimate of drug-likeness (QED) is 0.755. The van der Waals surface area contributed by atoms with Crippen LogP contribution in [-0.2, 0) is 0 Å². The maximum atomic E-state index is 11.2. The van der Waals surface area contributed by atoms with Crippen LogP contribution in [0.2, 0.25) is 0 Å². The highest BCUT2D eigenvalue weighted by Crippen LogP contribution is 2.27. The molecule has 1 heterocycles. The van der Waals surface area contributed by atoms with E-state index in [1.54, 1.807) is 18.2 Å². The number of aromatic carboxylic acids is 1. The van der Waals surface area contributed by atoms with Crippen molar-refractivity contribution < 1.29 is 9.90 Å². The molecule has 0 saturated carbocycles. The van der Waals surface area contributed by atoms with E-state index in [0.29, 0.717) is 0 Å². The number of nitrogens with one attached hydrogen (secondary N) is 1. The van der Waals surface area contributed by atoms with E-state index in [9.17, 15) is 9.90 Å². The van der Waals surface area contributed by atoms with Crippen LogP contribution in [0.1, 0.15) is 21.6 Å². The Balaban J connectivity index is 2.14. The molecule has 1 aromatic heterocycles. The molecule has 0 bridgehead atoms. The molecule has 2 N–H and O–H groups in total. The molecule has 4 nitrogen and oxygen atoms in total. The Morgan fingerprint density at radius 1 is 1.09 bits per heavy atom. The highest BCUT2D eigenvalue weighted by Gasteiger charge is 2.09. The van der Waals surface area contributed by atoms with Gasteiger partial charge >= 0.3 is 5.97 Å². The number of aromatic nitrogens is 1. The number of hydrogen-bond donors (Lipinski definition) is 2. The molecule has 0 amide bonds. The molecule has 0 radical (unpaired) electrons. The molecular weight excluding hydrogens is 276 g/mol. The fourth-order valence-corrected chi connectivity index (χ4v) is 2.47. The van der Waals surface area contributed by atoms with Gasteiger partial charge in [-0.2, -0.15) is 0 Å². The smallest absolute Gasteiger partial charge is 0.335 e. The number of pyridine rings is 1. The van der Waals surface area contributed by atoms with Gasteiger partial charge in [0, 0.05) is 22.5 Å². The third-order valence-electron chi connectivity index (χ3n) is 3.48. The van der Waals surface area contributed by atoms with E-state index in [2.05, 4.69) is 10.3 Å². The van der Waals surface area contributed by atoms with E-state index in [0.717, 1.165) is 33.5 Å². The van der Waals surface area contributed by atoms with Crippen LogP contribution in [0.3, 0.4) is 0 Å². The number of fused-ring (bicyclic) bond motifs is 1. The summed E-state index contributed by atoms with van der Waals surface area (Å²) in [7, 11) is 0. The fraction of sp³-hybridized carbons (Fsp3) is 0.111. The van der Waals surface area contributed by atoms with Gasteiger partial charge in [0.05, 0.1) is 11.1 Å². The second kappa shape index (κ2) is 5.48. The molecule has 2 aromatic carbocycles. The second-order valence-electron chi connectivity index (χ2n) is 5.34. The van der Waals surface area contributed by atoms with Gasteiger partial charge < -0.3 is 10.4 Å². The summed E-state index contributed by atoms with van der Waals surface area (Å²) < 4.78 is 0. The van der Waals surface area contributed by atoms with E-state index in [1.807, 2.05) is 44.2 Å². The van der Waals surface area contributed by atoms with Crippen LogP contribution in [0.15, 0.2) is 48.5 Å². The molecule has 0 unspecified atom stereocenters. The van der Waals surface area contributed by atoms with Crippen LogP contribution in [0.5, 0.6) is 0 Å². The molecular formula is C18H16N2O2. The third kappa shape index (κ3) is 2.76. The summed E-state index contributed by atoms with van der Waals surface area (Å²) in [6.07, 6.45) is 0. The monoisotopic (exact) mass is 292 g/mol. The predicted octanol–water partition coefficient (Wildman–Crippen LogP) is 4.29. The number of nitrogens with zero attached hydrogens (tertiary/aromatic N) is 1. The van der Waals surface area contributed by atoms with Crippen molar-refractivity contribution in [3.63, 3.8) is 0 Å². The van der Waals surface area contributed by atoms with Crippen molar-refractivity contribution >= 4 is 28.2 Å². The van der Waals surface area contributed by atoms with Gasteiger partial charge in [-0.25, -0.2) is 4.79 Å². The minimum Gasteiger partial charge on any atom is -0.478 e. The van der Waals surface area contributed by atoms with E-state index in [1.165, 1.54) is 0 Å². The van der Waals surface area contributed by atoms with Gasteiger partial charge in [0.25, 0.3) is 0 Å². The first-order valence-corrected chi connectivity index (χ1v) is 7.01. The van der Waals surface area contributed by atoms with E-state index in [4.69, 9.17) is 0 Å². The molecule has 3 aromatic rings. The Morgan fingerprint density at radius 3 is 2.64 bits per heavy atom. The summed E-state index contributed by atoms with van der Waals surface area (Å²) in [6, 6.07) is 14.9. The first-order valence-electron chi connectivity index (χ1n) is 7.01. The molecule has 4 heteroatoms. The molecule has 3 rings (SSSR count). The number of rotatable bonds is 3. The molecule has 0 fully saturated rings. The summed E-state index contributed by atoms with van der Waals surface area (Å²) in [5.74, 6) is -0.941. The predicted molar refractivity (Wildman–Crippen MR) is 87.9 cm³/mol. The average Bonchev–Trinajstić information content (AvgIpc) is 2.46. The number of anilines is 2. The average molecular weight is 292 g/mol. The minimum atomic E-state index is -0.941. The van der Waals surface area contributed by atoms with Crippen molar-refractivity contribution in [1.82, 2.24) is 4.98 Å². The lowest BCUT2D eigenvalue weighted by Crippen LogP contribution is -1.99. The Morgan fingerprint density at radius 2 is 1.91 bits per heavy atom. The summed E-state index contributed by atoms with van der Waals surface area (Å²) in [5, 5.41) is 13.3. The standard InChI is InChI=1S/C18H16N2O2/c1-11-4-3-5-14(8-11)20-17-9-12(2)19-16-7-6-13(18(21)22)10-15(16)17/h3-10H,1-2H3,(H,19,20)(H,21,22). The van der Waals surface area contributed by atoms with Gasteiger partial charge in [-0.15, -0.1) is 0 Å². The van der Waals surface area contributed by atoms with E-state index in [-0.39, 0.29) is 5.56 Å². The maximum absolute atomic E-state index is 11.2. The van der Waals surface area contributed by atoms with Gasteiger partial charge in [-0.3, -0.25) is 4.98 Å². The second-order valence-corrected chi connectivity index (χ2v) is 5.34. The number of carboxylic acids is 1. The summed E-state index contributed by atoms with van der Waals surface area (Å²) >= 11 is 0. The first-order chi connectivity index (χ1) is 10.5. The Bertz CT molecular complexity index is 872. The van der Waals surface area contributed by atoms with Crippen LogP contribution in [-0.4, -0.2) is 16.1 Å². The zero-order chi connectivity index (χ0) is 15.7. The first kappa shape index (κ1) is 14.1. The highest BCUT2D eigenvalue weighted by molar-refractivity contribution is 5.99. The van der Waals surface area contributed by atoms with E-state index < -0.39 is 5.97 Å². The van der Waals surface area contributed by atoms with Crippen LogP contribution in [0.25, 0.3) is 10.9 Å². The lowest BCUT2D eigenvalue weighted by atomic mass is 10.1. The molecule has 0 aliphatic carbocycles. The van der Waals surface area contributed by atoms with Crippen molar-refractivity contribution in [3.8, 4) is 0 Å². The van der Waals surface area contributed by atoms with Crippen LogP contribution >= 0.6 is 0 Å². The van der Waals surface area contributed by atoms with Gasteiger partial charge in [-0.05, 0) is 55.8 Å². The minimum absolute atomic E-state index is 0.255. The van der Waals surface area contributed by atoms with Gasteiger partial charge in [0.1, 0.15) is 0 Å². The summed E-state index contributed by atoms with van der Waals surface area (Å²) in [6.45, 7) is 3.95. The third-order valence-corrected chi connectivity index (χ3v) is 3.48. The largest absolute Gasteiger partial charge is 0.478 e. The van der Waals surface area contributed by atoms with E-state index >= 15 is 0 Å². The van der Waals surface area contributed by atoms with Crippen LogP contribution in [0.4, 0.5) is 11.4 Å². The lowest BCUT2D eigenvalue weighted by Gasteiger charge is -2.12. The highest BCUT2D eigenvalue weighted by atomic mass is 16.4. The molecule has 0 spiro atoms. The fourth-order valence-electron chi connectivity index (χ4n) is 2.47. The Kier molecular flexibility index (Phi) is 3.51. The Labute approximate surface area is 128 Å². The molecule has 22 heavy (non-hydrogen) atoms. The zero-order valence-corrected chi connectivity index (χ0v) is 12.4. The molecule has 0 saturated heterocycles. The SMILES string of the molecule is Cc1cccc(Nc2cc(C)nc3ccc(C(=O)O)cc23)c1. The number of aryl methyl sites for hydroxylation is 2. The lowest BCUT2D eigenvalue weighted by molar-refractivity contribution is 0.0697. The van der Waals surface area contributed by atoms with Crippen molar-refractivity contribution in [3.05, 3.63) is 65.4 Å². The molecule has 0 aliphatic heterocycles. The molecule has 0 atom stereocenters. The number of carboxylic acid groups (broad SMARTS) is 1. The maximum Gasteiger partial charge on any atom is 0.335 e. The summed E-state index contributed by atoms with van der Waals surface area (Å²) in [5.41, 5.74) is 4.89.